The minimum Gasteiger partial charge on any atom is -0.480 e. The van der Waals surface area contributed by atoms with Crippen molar-refractivity contribution < 1.29 is 19.1 Å². The van der Waals surface area contributed by atoms with Crippen molar-refractivity contribution in [1.82, 2.24) is 5.32 Å². The summed E-state index contributed by atoms with van der Waals surface area (Å²) >= 11 is 0. The van der Waals surface area contributed by atoms with Gasteiger partial charge in [-0.3, -0.25) is 9.59 Å². The van der Waals surface area contributed by atoms with Crippen LogP contribution < -0.4 is 5.32 Å². The summed E-state index contributed by atoms with van der Waals surface area (Å²) in [5.41, 5.74) is 0.0271. The molecule has 0 aromatic heterocycles. The minimum absolute atomic E-state index is 0.217. The third-order valence-electron chi connectivity index (χ3n) is 3.27. The van der Waals surface area contributed by atoms with Crippen LogP contribution in [0.1, 0.15) is 24.0 Å². The van der Waals surface area contributed by atoms with Gasteiger partial charge < -0.3 is 10.4 Å². The van der Waals surface area contributed by atoms with Gasteiger partial charge in [0.2, 0.25) is 5.91 Å². The predicted octanol–water partition coefficient (Wildman–Crippen LogP) is 1.62. The number of amides is 1. The molecule has 0 saturated heterocycles. The number of benzene rings is 1. The Morgan fingerprint density at radius 1 is 1.44 bits per heavy atom. The van der Waals surface area contributed by atoms with Gasteiger partial charge in [0.15, 0.2) is 0 Å². The topological polar surface area (TPSA) is 66.4 Å². The summed E-state index contributed by atoms with van der Waals surface area (Å²) in [5.74, 6) is -1.83. The Labute approximate surface area is 104 Å². The lowest BCUT2D eigenvalue weighted by molar-refractivity contribution is -0.149. The highest BCUT2D eigenvalue weighted by Crippen LogP contribution is 2.46. The lowest BCUT2D eigenvalue weighted by Crippen LogP contribution is -2.36. The SMILES string of the molecule is Cc1cc(CNC(=O)C2(C(=O)O)CC2)ccc1F. The molecule has 0 aliphatic heterocycles. The standard InChI is InChI=1S/C13H14FNO3/c1-8-6-9(2-3-10(8)14)7-15-11(16)13(4-5-13)12(17)18/h2-3,6H,4-5,7H2,1H3,(H,15,16)(H,17,18). The van der Waals surface area contributed by atoms with E-state index in [4.69, 9.17) is 5.11 Å². The number of carbonyl (C=O) groups excluding carboxylic acids is 1. The van der Waals surface area contributed by atoms with E-state index in [1.807, 2.05) is 0 Å². The molecule has 0 bridgehead atoms. The molecule has 1 aromatic carbocycles. The van der Waals surface area contributed by atoms with E-state index in [-0.39, 0.29) is 12.4 Å². The maximum absolute atomic E-state index is 13.0. The normalized spacial score (nSPS) is 16.1. The molecule has 2 rings (SSSR count). The molecule has 1 aliphatic carbocycles. The average molecular weight is 251 g/mol. The first kappa shape index (κ1) is 12.5. The lowest BCUT2D eigenvalue weighted by Gasteiger charge is -2.11. The number of halogens is 1. The number of carbonyl (C=O) groups is 2. The molecule has 1 aliphatic rings. The van der Waals surface area contributed by atoms with Gasteiger partial charge in [0, 0.05) is 6.54 Å². The summed E-state index contributed by atoms with van der Waals surface area (Å²) in [6.07, 6.45) is 0.771. The minimum atomic E-state index is -1.23. The first-order valence-corrected chi connectivity index (χ1v) is 5.72. The van der Waals surface area contributed by atoms with E-state index in [1.54, 1.807) is 19.1 Å². The highest BCUT2D eigenvalue weighted by Gasteiger charge is 2.56. The summed E-state index contributed by atoms with van der Waals surface area (Å²) in [6.45, 7) is 1.86. The largest absolute Gasteiger partial charge is 0.480 e. The van der Waals surface area contributed by atoms with Crippen molar-refractivity contribution in [3.05, 3.63) is 35.1 Å². The van der Waals surface area contributed by atoms with Gasteiger partial charge in [-0.2, -0.15) is 0 Å². The fourth-order valence-corrected chi connectivity index (χ4v) is 1.83. The van der Waals surface area contributed by atoms with E-state index in [0.717, 1.165) is 5.56 Å². The Morgan fingerprint density at radius 2 is 2.11 bits per heavy atom. The van der Waals surface area contributed by atoms with E-state index >= 15 is 0 Å². The molecular weight excluding hydrogens is 237 g/mol. The smallest absolute Gasteiger partial charge is 0.319 e. The highest BCUT2D eigenvalue weighted by atomic mass is 19.1. The number of hydrogen-bond donors (Lipinski definition) is 2. The van der Waals surface area contributed by atoms with Crippen LogP contribution in [0.2, 0.25) is 0 Å². The van der Waals surface area contributed by atoms with E-state index < -0.39 is 17.3 Å². The van der Waals surface area contributed by atoms with Crippen LogP contribution in [0.4, 0.5) is 4.39 Å². The van der Waals surface area contributed by atoms with Crippen LogP contribution in [0.3, 0.4) is 0 Å². The molecule has 0 unspecified atom stereocenters. The number of aryl methyl sites for hydroxylation is 1. The van der Waals surface area contributed by atoms with Crippen LogP contribution in [-0.2, 0) is 16.1 Å². The zero-order valence-corrected chi connectivity index (χ0v) is 10.00. The van der Waals surface area contributed by atoms with Crippen molar-refractivity contribution in [1.29, 1.82) is 0 Å². The van der Waals surface area contributed by atoms with Gasteiger partial charge in [-0.1, -0.05) is 12.1 Å². The maximum Gasteiger partial charge on any atom is 0.319 e. The molecule has 5 heteroatoms. The second-order valence-electron chi connectivity index (χ2n) is 4.65. The van der Waals surface area contributed by atoms with E-state index in [9.17, 15) is 14.0 Å². The molecule has 1 amide bonds. The van der Waals surface area contributed by atoms with Crippen molar-refractivity contribution in [2.75, 3.05) is 0 Å². The summed E-state index contributed by atoms with van der Waals surface area (Å²) in [7, 11) is 0. The van der Waals surface area contributed by atoms with Crippen molar-refractivity contribution in [3.8, 4) is 0 Å². The third-order valence-corrected chi connectivity index (χ3v) is 3.27. The summed E-state index contributed by atoms with van der Waals surface area (Å²) in [4.78, 5) is 22.7. The van der Waals surface area contributed by atoms with Gasteiger partial charge in [-0.05, 0) is 37.0 Å². The quantitative estimate of drug-likeness (QED) is 0.799. The molecule has 18 heavy (non-hydrogen) atoms. The first-order valence-electron chi connectivity index (χ1n) is 5.72. The lowest BCUT2D eigenvalue weighted by atomic mass is 10.1. The van der Waals surface area contributed by atoms with Gasteiger partial charge >= 0.3 is 5.97 Å². The molecule has 0 spiro atoms. The van der Waals surface area contributed by atoms with Crippen LogP contribution in [0.5, 0.6) is 0 Å². The molecule has 96 valence electrons. The monoisotopic (exact) mass is 251 g/mol. The van der Waals surface area contributed by atoms with Crippen LogP contribution in [-0.4, -0.2) is 17.0 Å². The summed E-state index contributed by atoms with van der Waals surface area (Å²) in [6, 6.07) is 4.54. The molecule has 4 nitrogen and oxygen atoms in total. The van der Waals surface area contributed by atoms with Crippen LogP contribution >= 0.6 is 0 Å². The molecule has 2 N–H and O–H groups in total. The fraction of sp³-hybridized carbons (Fsp3) is 0.385. The van der Waals surface area contributed by atoms with Crippen LogP contribution in [0.25, 0.3) is 0 Å². The Morgan fingerprint density at radius 3 is 2.61 bits per heavy atom. The number of carboxylic acids is 1. The Bertz CT molecular complexity index is 509. The number of rotatable bonds is 4. The van der Waals surface area contributed by atoms with E-state index in [1.165, 1.54) is 6.07 Å². The third kappa shape index (κ3) is 2.20. The summed E-state index contributed by atoms with van der Waals surface area (Å²) < 4.78 is 13.0. The van der Waals surface area contributed by atoms with Crippen molar-refractivity contribution >= 4 is 11.9 Å². The number of nitrogens with one attached hydrogen (secondary N) is 1. The highest BCUT2D eigenvalue weighted by molar-refractivity contribution is 6.04. The van der Waals surface area contributed by atoms with Crippen molar-refractivity contribution in [2.24, 2.45) is 5.41 Å². The molecule has 1 fully saturated rings. The second-order valence-corrected chi connectivity index (χ2v) is 4.65. The zero-order valence-electron chi connectivity index (χ0n) is 10.00. The number of aliphatic carboxylic acids is 1. The van der Waals surface area contributed by atoms with Gasteiger partial charge in [-0.15, -0.1) is 0 Å². The average Bonchev–Trinajstić information content (AvgIpc) is 3.11. The number of carboxylic acid groups (broad SMARTS) is 1. The first-order chi connectivity index (χ1) is 8.45. The Balaban J connectivity index is 1.98. The van der Waals surface area contributed by atoms with Gasteiger partial charge in [0.1, 0.15) is 11.2 Å². The van der Waals surface area contributed by atoms with Gasteiger partial charge in [0.05, 0.1) is 0 Å². The van der Waals surface area contributed by atoms with E-state index in [0.29, 0.717) is 18.4 Å². The Hall–Kier alpha value is -1.91. The predicted molar refractivity (Wildman–Crippen MR) is 62.3 cm³/mol. The van der Waals surface area contributed by atoms with E-state index in [2.05, 4.69) is 5.32 Å². The van der Waals surface area contributed by atoms with Crippen molar-refractivity contribution in [3.63, 3.8) is 0 Å². The van der Waals surface area contributed by atoms with Crippen LogP contribution in [0.15, 0.2) is 18.2 Å². The molecule has 0 atom stereocenters. The van der Waals surface area contributed by atoms with Gasteiger partial charge in [-0.25, -0.2) is 4.39 Å². The molecule has 0 radical (unpaired) electrons. The second kappa shape index (κ2) is 4.40. The zero-order chi connectivity index (χ0) is 13.3. The molecule has 0 heterocycles. The fourth-order valence-electron chi connectivity index (χ4n) is 1.83. The van der Waals surface area contributed by atoms with Gasteiger partial charge in [0.25, 0.3) is 0 Å². The Kier molecular flexibility index (Phi) is 3.07. The molecule has 1 aromatic rings. The van der Waals surface area contributed by atoms with Crippen LogP contribution in [0, 0.1) is 18.2 Å². The maximum atomic E-state index is 13.0. The summed E-state index contributed by atoms with van der Waals surface area (Å²) in [5, 5.41) is 11.5. The molecular formula is C13H14FNO3. The van der Waals surface area contributed by atoms with Crippen molar-refractivity contribution in [2.45, 2.75) is 26.3 Å². The molecule has 1 saturated carbocycles. The number of hydrogen-bond acceptors (Lipinski definition) is 2.